The number of hydroxylamine groups is 1. The van der Waals surface area contributed by atoms with Crippen molar-refractivity contribution in [3.05, 3.63) is 53.1 Å². The van der Waals surface area contributed by atoms with Crippen molar-refractivity contribution in [2.24, 2.45) is 0 Å². The molecule has 0 radical (unpaired) electrons. The van der Waals surface area contributed by atoms with E-state index in [1.165, 1.54) is 39.0 Å². The van der Waals surface area contributed by atoms with E-state index in [0.717, 1.165) is 24.1 Å². The number of rotatable bonds is 9. The average Bonchev–Trinajstić information content (AvgIpc) is 2.91. The maximum Gasteiger partial charge on any atom is 0.319 e. The third-order valence-corrected chi connectivity index (χ3v) is 6.25. The van der Waals surface area contributed by atoms with Crippen LogP contribution in [0.15, 0.2) is 41.3 Å². The standard InChI is InChI=1S/C22H25ClF2N4O5S.C2H2/c1-27(22(31)28-8-10-33-11-9-28)6-7-29(14-20(30)26-32)35-17-12-18(24)21(19(25)13-17)34-16-4-2-15(23)3-5-16;1-2/h2-5,12-13,32H,6-11,14H2,1H3,(H,26,30);1-2H. The molecule has 1 fully saturated rings. The smallest absolute Gasteiger partial charge is 0.319 e. The summed E-state index contributed by atoms with van der Waals surface area (Å²) in [7, 11) is 1.62. The number of nitrogens with zero attached hydrogens (tertiary/aromatic N) is 3. The number of carbonyl (C=O) groups excluding carboxylic acids is 2. The summed E-state index contributed by atoms with van der Waals surface area (Å²) < 4.78 is 41.4. The zero-order valence-electron chi connectivity index (χ0n) is 20.0. The SMILES string of the molecule is C#C.CN(CCN(CC(=O)NO)Sc1cc(F)c(Oc2ccc(Cl)cc2)c(F)c1)C(=O)N1CCOCC1. The minimum absolute atomic E-state index is 0.163. The summed E-state index contributed by atoms with van der Waals surface area (Å²) in [6.45, 7) is 2.02. The molecule has 3 amide bonds. The van der Waals surface area contributed by atoms with Crippen molar-refractivity contribution in [3.8, 4) is 24.3 Å². The molecule has 0 bridgehead atoms. The third-order valence-electron chi connectivity index (χ3n) is 4.98. The topological polar surface area (TPSA) is 94.6 Å². The Morgan fingerprint density at radius 1 is 1.16 bits per heavy atom. The van der Waals surface area contributed by atoms with Gasteiger partial charge in [-0.1, -0.05) is 11.6 Å². The molecule has 2 aromatic rings. The average molecular weight is 557 g/mol. The summed E-state index contributed by atoms with van der Waals surface area (Å²) in [4.78, 5) is 27.6. The molecular weight excluding hydrogens is 530 g/mol. The van der Waals surface area contributed by atoms with Gasteiger partial charge in [0.25, 0.3) is 5.91 Å². The van der Waals surface area contributed by atoms with Crippen molar-refractivity contribution in [1.29, 1.82) is 0 Å². The molecule has 1 aliphatic heterocycles. The van der Waals surface area contributed by atoms with Crippen LogP contribution in [-0.4, -0.2) is 84.2 Å². The van der Waals surface area contributed by atoms with Gasteiger partial charge in [-0.2, -0.15) is 0 Å². The van der Waals surface area contributed by atoms with Crippen LogP contribution in [0.4, 0.5) is 13.6 Å². The van der Waals surface area contributed by atoms with Crippen LogP contribution in [-0.2, 0) is 9.53 Å². The summed E-state index contributed by atoms with van der Waals surface area (Å²) in [6, 6.07) is 7.98. The van der Waals surface area contributed by atoms with Crippen LogP contribution in [0.5, 0.6) is 11.5 Å². The number of hydrogen-bond donors (Lipinski definition) is 2. The van der Waals surface area contributed by atoms with Crippen LogP contribution >= 0.6 is 23.5 Å². The number of hydrogen-bond acceptors (Lipinski definition) is 7. The normalized spacial score (nSPS) is 12.9. The lowest BCUT2D eigenvalue weighted by molar-refractivity contribution is -0.129. The number of likely N-dealkylation sites (N-methyl/N-ethyl adjacent to an activating group) is 1. The lowest BCUT2D eigenvalue weighted by Crippen LogP contribution is -2.48. The Kier molecular flexibility index (Phi) is 12.4. The zero-order chi connectivity index (χ0) is 27.4. The quantitative estimate of drug-likeness (QED) is 0.210. The zero-order valence-corrected chi connectivity index (χ0v) is 21.6. The number of ether oxygens (including phenoxy) is 2. The van der Waals surface area contributed by atoms with Gasteiger partial charge < -0.3 is 19.3 Å². The Labute approximate surface area is 223 Å². The van der Waals surface area contributed by atoms with Crippen molar-refractivity contribution in [2.45, 2.75) is 4.90 Å². The van der Waals surface area contributed by atoms with E-state index in [1.807, 2.05) is 0 Å². The molecule has 9 nitrogen and oxygen atoms in total. The van der Waals surface area contributed by atoms with Gasteiger partial charge in [-0.15, -0.1) is 12.8 Å². The van der Waals surface area contributed by atoms with Gasteiger partial charge in [0, 0.05) is 43.1 Å². The maximum atomic E-state index is 14.7. The van der Waals surface area contributed by atoms with Crippen LogP contribution in [0.2, 0.25) is 5.02 Å². The molecule has 3 rings (SSSR count). The van der Waals surface area contributed by atoms with Crippen molar-refractivity contribution < 1.29 is 33.1 Å². The van der Waals surface area contributed by atoms with E-state index in [1.54, 1.807) is 11.9 Å². The Morgan fingerprint density at radius 2 is 1.76 bits per heavy atom. The molecule has 0 unspecified atom stereocenters. The van der Waals surface area contributed by atoms with Gasteiger partial charge in [-0.25, -0.2) is 23.4 Å². The molecule has 0 aliphatic carbocycles. The number of terminal acetylenes is 1. The fourth-order valence-electron chi connectivity index (χ4n) is 3.16. The molecule has 200 valence electrons. The van der Waals surface area contributed by atoms with Crippen LogP contribution in [0.25, 0.3) is 0 Å². The number of benzene rings is 2. The molecule has 2 N–H and O–H groups in total. The Morgan fingerprint density at radius 3 is 2.32 bits per heavy atom. The highest BCUT2D eigenvalue weighted by Gasteiger charge is 2.22. The molecule has 1 saturated heterocycles. The molecule has 37 heavy (non-hydrogen) atoms. The summed E-state index contributed by atoms with van der Waals surface area (Å²) in [5.41, 5.74) is 1.53. The fourth-order valence-corrected chi connectivity index (χ4v) is 4.25. The minimum Gasteiger partial charge on any atom is -0.451 e. The van der Waals surface area contributed by atoms with Gasteiger partial charge in [0.1, 0.15) is 5.75 Å². The summed E-state index contributed by atoms with van der Waals surface area (Å²) in [5.74, 6) is -2.96. The van der Waals surface area contributed by atoms with Gasteiger partial charge in [-0.05, 0) is 48.3 Å². The first-order valence-corrected chi connectivity index (χ1v) is 12.1. The van der Waals surface area contributed by atoms with E-state index in [-0.39, 0.29) is 36.3 Å². The van der Waals surface area contributed by atoms with Crippen molar-refractivity contribution in [2.75, 3.05) is 53.0 Å². The number of carbonyl (C=O) groups is 2. The van der Waals surface area contributed by atoms with Crippen LogP contribution in [0.1, 0.15) is 0 Å². The molecule has 2 aromatic carbocycles. The van der Waals surface area contributed by atoms with Gasteiger partial charge in [0.15, 0.2) is 17.4 Å². The predicted molar refractivity (Wildman–Crippen MR) is 136 cm³/mol. The number of nitrogens with one attached hydrogen (secondary N) is 1. The van der Waals surface area contributed by atoms with E-state index in [0.29, 0.717) is 31.3 Å². The molecule has 1 aliphatic rings. The Bertz CT molecular complexity index is 1050. The second kappa shape index (κ2) is 15.2. The molecule has 0 spiro atoms. The highest BCUT2D eigenvalue weighted by atomic mass is 35.5. The summed E-state index contributed by atoms with van der Waals surface area (Å²) >= 11 is 6.71. The Hall–Kier alpha value is -3.08. The van der Waals surface area contributed by atoms with E-state index in [9.17, 15) is 18.4 Å². The monoisotopic (exact) mass is 556 g/mol. The van der Waals surface area contributed by atoms with E-state index >= 15 is 0 Å². The number of morpholine rings is 1. The minimum atomic E-state index is -0.936. The van der Waals surface area contributed by atoms with E-state index in [2.05, 4.69) is 12.8 Å². The van der Waals surface area contributed by atoms with Crippen molar-refractivity contribution in [3.63, 3.8) is 0 Å². The van der Waals surface area contributed by atoms with Crippen LogP contribution in [0.3, 0.4) is 0 Å². The Balaban J connectivity index is 0.00000235. The maximum absolute atomic E-state index is 14.7. The lowest BCUT2D eigenvalue weighted by Gasteiger charge is -2.32. The lowest BCUT2D eigenvalue weighted by atomic mass is 10.3. The van der Waals surface area contributed by atoms with E-state index < -0.39 is 23.3 Å². The number of amides is 3. The first kappa shape index (κ1) is 30.1. The molecule has 0 saturated carbocycles. The first-order valence-electron chi connectivity index (χ1n) is 11.0. The molecular formula is C24H27ClF2N4O5S. The molecule has 1 heterocycles. The number of halogens is 3. The summed E-state index contributed by atoms with van der Waals surface area (Å²) in [5, 5.41) is 9.36. The molecule has 13 heteroatoms. The second-order valence-corrected chi connectivity index (χ2v) is 9.17. The molecule has 0 aromatic heterocycles. The predicted octanol–water partition coefficient (Wildman–Crippen LogP) is 3.86. The van der Waals surface area contributed by atoms with Crippen LogP contribution < -0.4 is 10.2 Å². The highest BCUT2D eigenvalue weighted by Crippen LogP contribution is 2.33. The first-order chi connectivity index (χ1) is 17.8. The van der Waals surface area contributed by atoms with Gasteiger partial charge in [0.2, 0.25) is 0 Å². The van der Waals surface area contributed by atoms with Crippen molar-refractivity contribution in [1.82, 2.24) is 19.6 Å². The van der Waals surface area contributed by atoms with Crippen LogP contribution in [0, 0.1) is 24.5 Å². The number of urea groups is 1. The van der Waals surface area contributed by atoms with Crippen molar-refractivity contribution >= 4 is 35.5 Å². The second-order valence-electron chi connectivity index (χ2n) is 7.57. The molecule has 0 atom stereocenters. The van der Waals surface area contributed by atoms with Gasteiger partial charge >= 0.3 is 6.03 Å². The highest BCUT2D eigenvalue weighted by molar-refractivity contribution is 7.97. The largest absolute Gasteiger partial charge is 0.451 e. The summed E-state index contributed by atoms with van der Waals surface area (Å²) in [6.07, 6.45) is 8.00. The van der Waals surface area contributed by atoms with Gasteiger partial charge in [0.05, 0.1) is 19.8 Å². The third kappa shape index (κ3) is 9.38. The van der Waals surface area contributed by atoms with E-state index in [4.69, 9.17) is 26.3 Å². The fraction of sp³-hybridized carbons (Fsp3) is 0.333. The van der Waals surface area contributed by atoms with Gasteiger partial charge in [-0.3, -0.25) is 10.0 Å².